The molecule has 2 aromatic heterocycles. The highest BCUT2D eigenvalue weighted by Gasteiger charge is 2.36. The van der Waals surface area contributed by atoms with Gasteiger partial charge in [0.25, 0.3) is 0 Å². The van der Waals surface area contributed by atoms with Crippen molar-refractivity contribution in [2.75, 3.05) is 0 Å². The number of nitrogens with one attached hydrogen (secondary N) is 1. The summed E-state index contributed by atoms with van der Waals surface area (Å²) in [4.78, 5) is 25.6. The number of fused-ring (bicyclic) bond motifs is 1. The van der Waals surface area contributed by atoms with Crippen molar-refractivity contribution in [2.24, 2.45) is 17.0 Å². The van der Waals surface area contributed by atoms with Gasteiger partial charge in [-0.25, -0.2) is 14.8 Å². The highest BCUT2D eigenvalue weighted by atomic mass is 32.1. The first-order chi connectivity index (χ1) is 16.0. The average molecular weight is 456 g/mol. The lowest BCUT2D eigenvalue weighted by molar-refractivity contribution is 0.242. The number of urea groups is 1. The Morgan fingerprint density at radius 1 is 1.18 bits per heavy atom. The van der Waals surface area contributed by atoms with Crippen molar-refractivity contribution in [3.8, 4) is 11.3 Å². The Kier molecular flexibility index (Phi) is 5.42. The van der Waals surface area contributed by atoms with E-state index in [1.54, 1.807) is 11.3 Å². The maximum absolute atomic E-state index is 12.4. The van der Waals surface area contributed by atoms with E-state index >= 15 is 0 Å². The highest BCUT2D eigenvalue weighted by Crippen LogP contribution is 2.39. The number of carbonyl (C=O) groups excluding carboxylic acids is 1. The van der Waals surface area contributed by atoms with Gasteiger partial charge >= 0.3 is 6.03 Å². The summed E-state index contributed by atoms with van der Waals surface area (Å²) in [7, 11) is 2.04. The van der Waals surface area contributed by atoms with Gasteiger partial charge in [-0.3, -0.25) is 4.99 Å². The molecule has 0 aliphatic carbocycles. The monoisotopic (exact) mass is 455 g/mol. The van der Waals surface area contributed by atoms with Crippen molar-refractivity contribution in [3.05, 3.63) is 75.7 Å². The van der Waals surface area contributed by atoms with Crippen molar-refractivity contribution < 1.29 is 4.79 Å². The summed E-state index contributed by atoms with van der Waals surface area (Å²) in [6.45, 7) is 8.20. The summed E-state index contributed by atoms with van der Waals surface area (Å²) in [5, 5.41) is 7.28. The average Bonchev–Trinajstić information content (AvgIpc) is 3.39. The molecular weight excluding hydrogens is 430 g/mol. The molecule has 0 radical (unpaired) electrons. The van der Waals surface area contributed by atoms with Crippen molar-refractivity contribution in [1.29, 1.82) is 0 Å². The van der Waals surface area contributed by atoms with Crippen LogP contribution in [0.25, 0.3) is 22.2 Å². The van der Waals surface area contributed by atoms with Crippen molar-refractivity contribution in [2.45, 2.75) is 32.4 Å². The number of benzene rings is 2. The van der Waals surface area contributed by atoms with Crippen LogP contribution in [-0.2, 0) is 13.6 Å². The number of thiazole rings is 1. The molecule has 0 spiro atoms. The van der Waals surface area contributed by atoms with Gasteiger partial charge in [0.05, 0.1) is 24.2 Å². The molecule has 3 heterocycles. The minimum atomic E-state index is -0.307. The van der Waals surface area contributed by atoms with E-state index < -0.39 is 0 Å². The molecule has 7 heteroatoms. The maximum Gasteiger partial charge on any atom is 0.341 e. The standard InChI is InChI=1S/C26H25N5OS/c1-15-11-17(13-27-3)9-10-19(15)20-14-33-25(29-20)23-16(2)28-26(32)30-24(23)22-12-18-7-5-6-8-21(18)31(22)4/h5-12,14,23-24H,3,13H2,1-2,4H3,(H,30,32). The molecule has 2 atom stereocenters. The molecule has 1 aliphatic rings. The molecule has 166 valence electrons. The number of nitrogens with zero attached hydrogens (tertiary/aromatic N) is 4. The third-order valence-electron chi connectivity index (χ3n) is 6.30. The molecule has 0 saturated carbocycles. The topological polar surface area (TPSA) is 71.6 Å². The van der Waals surface area contributed by atoms with Crippen LogP contribution in [-0.4, -0.2) is 28.0 Å². The number of para-hydroxylation sites is 1. The van der Waals surface area contributed by atoms with Crippen LogP contribution in [0.1, 0.15) is 40.7 Å². The Bertz CT molecular complexity index is 1410. The molecule has 5 rings (SSSR count). The summed E-state index contributed by atoms with van der Waals surface area (Å²) in [6, 6.07) is 16.1. The second kappa shape index (κ2) is 8.41. The first kappa shape index (κ1) is 21.3. The van der Waals surface area contributed by atoms with Crippen LogP contribution in [0.3, 0.4) is 0 Å². The van der Waals surface area contributed by atoms with Gasteiger partial charge in [-0.15, -0.1) is 11.3 Å². The minimum Gasteiger partial charge on any atom is -0.346 e. The molecule has 0 bridgehead atoms. The minimum absolute atomic E-state index is 0.131. The summed E-state index contributed by atoms with van der Waals surface area (Å²) < 4.78 is 2.15. The van der Waals surface area contributed by atoms with Gasteiger partial charge in [0.2, 0.25) is 0 Å². The van der Waals surface area contributed by atoms with Gasteiger partial charge in [0.1, 0.15) is 5.01 Å². The molecular formula is C26H25N5OS. The second-order valence-corrected chi connectivity index (χ2v) is 9.34. The van der Waals surface area contributed by atoms with E-state index in [-0.39, 0.29) is 18.0 Å². The Balaban J connectivity index is 1.56. The number of rotatable bonds is 5. The number of amides is 2. The molecule has 4 aromatic rings. The Labute approximate surface area is 196 Å². The van der Waals surface area contributed by atoms with Gasteiger partial charge in [-0.2, -0.15) is 0 Å². The first-order valence-electron chi connectivity index (χ1n) is 10.8. The van der Waals surface area contributed by atoms with E-state index in [9.17, 15) is 4.79 Å². The molecule has 2 unspecified atom stereocenters. The van der Waals surface area contributed by atoms with Crippen molar-refractivity contribution in [1.82, 2.24) is 14.9 Å². The van der Waals surface area contributed by atoms with Gasteiger partial charge in [0, 0.05) is 34.9 Å². The molecule has 2 aromatic carbocycles. The molecule has 1 aliphatic heterocycles. The van der Waals surface area contributed by atoms with E-state index in [2.05, 4.69) is 75.3 Å². The first-order valence-corrected chi connectivity index (χ1v) is 11.7. The van der Waals surface area contributed by atoms with E-state index in [1.807, 2.05) is 26.1 Å². The summed E-state index contributed by atoms with van der Waals surface area (Å²) in [5.74, 6) is -0.131. The quantitative estimate of drug-likeness (QED) is 0.385. The summed E-state index contributed by atoms with van der Waals surface area (Å²) in [5.41, 5.74) is 7.27. The molecule has 0 fully saturated rings. The van der Waals surface area contributed by atoms with Crippen LogP contribution in [0, 0.1) is 6.92 Å². The largest absolute Gasteiger partial charge is 0.346 e. The van der Waals surface area contributed by atoms with Crippen LogP contribution in [0.5, 0.6) is 0 Å². The van der Waals surface area contributed by atoms with E-state index in [1.165, 1.54) is 0 Å². The lowest BCUT2D eigenvalue weighted by Gasteiger charge is -2.30. The van der Waals surface area contributed by atoms with E-state index in [4.69, 9.17) is 4.98 Å². The lowest BCUT2D eigenvalue weighted by atomic mass is 9.91. The predicted octanol–water partition coefficient (Wildman–Crippen LogP) is 5.82. The van der Waals surface area contributed by atoms with Gasteiger partial charge in [-0.05, 0) is 49.2 Å². The molecule has 1 N–H and O–H groups in total. The third-order valence-corrected chi connectivity index (χ3v) is 7.22. The van der Waals surface area contributed by atoms with E-state index in [0.717, 1.165) is 49.7 Å². The number of aromatic nitrogens is 2. The zero-order valence-corrected chi connectivity index (χ0v) is 19.7. The number of hydrogen-bond donors (Lipinski definition) is 1. The van der Waals surface area contributed by atoms with E-state index in [0.29, 0.717) is 6.54 Å². The molecule has 2 amide bonds. The normalized spacial score (nSPS) is 18.3. The Morgan fingerprint density at radius 2 is 2.00 bits per heavy atom. The zero-order chi connectivity index (χ0) is 23.1. The highest BCUT2D eigenvalue weighted by molar-refractivity contribution is 7.10. The fourth-order valence-corrected chi connectivity index (χ4v) is 5.71. The van der Waals surface area contributed by atoms with Gasteiger partial charge in [0.15, 0.2) is 0 Å². The number of aliphatic imine (C=N–C) groups is 2. The molecule has 33 heavy (non-hydrogen) atoms. The van der Waals surface area contributed by atoms with Crippen LogP contribution in [0.4, 0.5) is 4.79 Å². The lowest BCUT2D eigenvalue weighted by Crippen LogP contribution is -2.39. The third kappa shape index (κ3) is 3.78. The zero-order valence-electron chi connectivity index (χ0n) is 18.9. The van der Waals surface area contributed by atoms with Crippen molar-refractivity contribution >= 4 is 40.7 Å². The van der Waals surface area contributed by atoms with Crippen LogP contribution in [0.2, 0.25) is 0 Å². The molecule has 6 nitrogen and oxygen atoms in total. The van der Waals surface area contributed by atoms with Crippen molar-refractivity contribution in [3.63, 3.8) is 0 Å². The van der Waals surface area contributed by atoms with Crippen LogP contribution < -0.4 is 5.32 Å². The molecule has 0 saturated heterocycles. The number of carbonyl (C=O) groups is 1. The number of aryl methyl sites for hydroxylation is 2. The summed E-state index contributed by atoms with van der Waals surface area (Å²) >= 11 is 1.61. The maximum atomic E-state index is 12.4. The Hall–Kier alpha value is -3.58. The van der Waals surface area contributed by atoms with Crippen LogP contribution in [0.15, 0.2) is 63.9 Å². The summed E-state index contributed by atoms with van der Waals surface area (Å²) in [6.07, 6.45) is 0. The van der Waals surface area contributed by atoms with Gasteiger partial charge < -0.3 is 9.88 Å². The van der Waals surface area contributed by atoms with Crippen LogP contribution >= 0.6 is 11.3 Å². The Morgan fingerprint density at radius 3 is 2.76 bits per heavy atom. The fraction of sp³-hybridized carbons (Fsp3) is 0.231. The fourth-order valence-electron chi connectivity index (χ4n) is 4.69. The SMILES string of the molecule is C=NCc1ccc(-c2csc(C3C(C)=NC(=O)NC3c3cc4ccccc4n3C)n2)c(C)c1. The number of hydrogen-bond acceptors (Lipinski definition) is 4. The van der Waals surface area contributed by atoms with Gasteiger partial charge in [-0.1, -0.05) is 36.4 Å². The smallest absolute Gasteiger partial charge is 0.341 e. The second-order valence-electron chi connectivity index (χ2n) is 8.45. The predicted molar refractivity (Wildman–Crippen MR) is 136 cm³/mol.